The van der Waals surface area contributed by atoms with Crippen molar-refractivity contribution in [3.8, 4) is 0 Å². The van der Waals surface area contributed by atoms with Gasteiger partial charge in [-0.15, -0.1) is 10.2 Å². The maximum Gasteiger partial charge on any atom is 0.226 e. The number of hydrogen-bond donors (Lipinski definition) is 2. The van der Waals surface area contributed by atoms with Crippen LogP contribution in [0.25, 0.3) is 5.65 Å². The van der Waals surface area contributed by atoms with Crippen molar-refractivity contribution >= 4 is 34.7 Å². The first-order chi connectivity index (χ1) is 9.15. The Hall–Kier alpha value is -2.41. The standard InChI is InChI=1S/C11H8ClFN6/c12-7-5-6(13)1-2-8(7)16-9-10-17-18-11(14)19(10)4-3-15-9/h1-5H,(H2,14,18)(H,15,16). The minimum absolute atomic E-state index is 0.247. The van der Waals surface area contributed by atoms with Gasteiger partial charge < -0.3 is 11.1 Å². The van der Waals surface area contributed by atoms with Crippen molar-refractivity contribution in [1.29, 1.82) is 0 Å². The van der Waals surface area contributed by atoms with Crippen LogP contribution in [0.15, 0.2) is 30.6 Å². The van der Waals surface area contributed by atoms with Crippen molar-refractivity contribution in [1.82, 2.24) is 19.6 Å². The smallest absolute Gasteiger partial charge is 0.226 e. The molecule has 0 aliphatic carbocycles. The lowest BCUT2D eigenvalue weighted by atomic mass is 10.3. The first-order valence-electron chi connectivity index (χ1n) is 5.32. The van der Waals surface area contributed by atoms with Crippen LogP contribution in [0.4, 0.5) is 21.8 Å². The summed E-state index contributed by atoms with van der Waals surface area (Å²) in [4.78, 5) is 4.14. The van der Waals surface area contributed by atoms with Crippen LogP contribution in [0.1, 0.15) is 0 Å². The molecular weight excluding hydrogens is 271 g/mol. The Balaban J connectivity index is 2.06. The highest BCUT2D eigenvalue weighted by Crippen LogP contribution is 2.26. The summed E-state index contributed by atoms with van der Waals surface area (Å²) >= 11 is 5.94. The monoisotopic (exact) mass is 278 g/mol. The zero-order chi connectivity index (χ0) is 13.4. The van der Waals surface area contributed by atoms with Gasteiger partial charge in [0.2, 0.25) is 11.6 Å². The van der Waals surface area contributed by atoms with Gasteiger partial charge in [0, 0.05) is 12.4 Å². The van der Waals surface area contributed by atoms with E-state index in [-0.39, 0.29) is 11.0 Å². The molecule has 3 N–H and O–H groups in total. The molecule has 0 unspecified atom stereocenters. The lowest BCUT2D eigenvalue weighted by Gasteiger charge is -2.08. The minimum Gasteiger partial charge on any atom is -0.368 e. The Morgan fingerprint density at radius 2 is 2.16 bits per heavy atom. The van der Waals surface area contributed by atoms with Crippen LogP contribution in [-0.2, 0) is 0 Å². The van der Waals surface area contributed by atoms with Gasteiger partial charge in [-0.05, 0) is 18.2 Å². The van der Waals surface area contributed by atoms with Crippen molar-refractivity contribution in [2.45, 2.75) is 0 Å². The largest absolute Gasteiger partial charge is 0.368 e. The van der Waals surface area contributed by atoms with Crippen LogP contribution in [-0.4, -0.2) is 19.6 Å². The average Bonchev–Trinajstić information content (AvgIpc) is 2.76. The van der Waals surface area contributed by atoms with Gasteiger partial charge in [-0.1, -0.05) is 11.6 Å². The van der Waals surface area contributed by atoms with Crippen LogP contribution >= 0.6 is 11.6 Å². The molecule has 19 heavy (non-hydrogen) atoms. The van der Waals surface area contributed by atoms with Gasteiger partial charge in [-0.3, -0.25) is 4.40 Å². The SMILES string of the molecule is Nc1nnc2c(Nc3ccc(F)cc3Cl)nccn12. The maximum absolute atomic E-state index is 13.0. The highest BCUT2D eigenvalue weighted by Gasteiger charge is 2.10. The number of rotatable bonds is 2. The lowest BCUT2D eigenvalue weighted by molar-refractivity contribution is 0.628. The summed E-state index contributed by atoms with van der Waals surface area (Å²) in [5.41, 5.74) is 6.62. The first-order valence-corrected chi connectivity index (χ1v) is 5.70. The molecule has 6 nitrogen and oxygen atoms in total. The molecule has 96 valence electrons. The molecule has 0 fully saturated rings. The third-order valence-corrected chi connectivity index (χ3v) is 2.85. The van der Waals surface area contributed by atoms with Crippen molar-refractivity contribution in [3.63, 3.8) is 0 Å². The molecule has 0 saturated heterocycles. The molecule has 0 amide bonds. The van der Waals surface area contributed by atoms with E-state index in [1.165, 1.54) is 18.2 Å². The van der Waals surface area contributed by atoms with E-state index in [4.69, 9.17) is 17.3 Å². The number of fused-ring (bicyclic) bond motifs is 1. The molecule has 2 aromatic heterocycles. The van der Waals surface area contributed by atoms with Crippen LogP contribution in [0.5, 0.6) is 0 Å². The van der Waals surface area contributed by atoms with Crippen molar-refractivity contribution < 1.29 is 4.39 Å². The fraction of sp³-hybridized carbons (Fsp3) is 0. The Labute approximate surface area is 112 Å². The third-order valence-electron chi connectivity index (χ3n) is 2.54. The molecule has 0 aliphatic rings. The maximum atomic E-state index is 13.0. The van der Waals surface area contributed by atoms with E-state index >= 15 is 0 Å². The summed E-state index contributed by atoms with van der Waals surface area (Å²) in [6.07, 6.45) is 3.19. The second kappa shape index (κ2) is 4.36. The summed E-state index contributed by atoms with van der Waals surface area (Å²) in [6.45, 7) is 0. The van der Waals surface area contributed by atoms with Crippen LogP contribution < -0.4 is 11.1 Å². The number of hydrogen-bond acceptors (Lipinski definition) is 5. The highest BCUT2D eigenvalue weighted by atomic mass is 35.5. The number of anilines is 3. The predicted octanol–water partition coefficient (Wildman–Crippen LogP) is 2.24. The van der Waals surface area contributed by atoms with Crippen molar-refractivity contribution in [2.75, 3.05) is 11.1 Å². The van der Waals surface area contributed by atoms with Gasteiger partial charge in [0.15, 0.2) is 5.82 Å². The highest BCUT2D eigenvalue weighted by molar-refractivity contribution is 6.33. The zero-order valence-electron chi connectivity index (χ0n) is 9.51. The van der Waals surface area contributed by atoms with E-state index in [0.717, 1.165) is 0 Å². The molecule has 3 aromatic rings. The van der Waals surface area contributed by atoms with Crippen molar-refractivity contribution in [2.24, 2.45) is 0 Å². The van der Waals surface area contributed by atoms with E-state index < -0.39 is 5.82 Å². The Kier molecular flexibility index (Phi) is 2.68. The second-order valence-corrected chi connectivity index (χ2v) is 4.18. The number of halogens is 2. The van der Waals surface area contributed by atoms with Crippen LogP contribution in [0.3, 0.4) is 0 Å². The molecule has 0 atom stereocenters. The Morgan fingerprint density at radius 3 is 2.95 bits per heavy atom. The van der Waals surface area contributed by atoms with Gasteiger partial charge in [-0.2, -0.15) is 0 Å². The van der Waals surface area contributed by atoms with Gasteiger partial charge in [0.05, 0.1) is 10.7 Å². The predicted molar refractivity (Wildman–Crippen MR) is 69.9 cm³/mol. The van der Waals surface area contributed by atoms with Gasteiger partial charge in [0.25, 0.3) is 0 Å². The molecule has 0 saturated carbocycles. The normalized spacial score (nSPS) is 10.8. The molecule has 2 heterocycles. The summed E-state index contributed by atoms with van der Waals surface area (Å²) in [7, 11) is 0. The van der Waals surface area contributed by atoms with E-state index in [2.05, 4.69) is 20.5 Å². The quantitative estimate of drug-likeness (QED) is 0.751. The fourth-order valence-corrected chi connectivity index (χ4v) is 1.87. The van der Waals surface area contributed by atoms with Crippen molar-refractivity contribution in [3.05, 3.63) is 41.4 Å². The number of aromatic nitrogens is 4. The summed E-state index contributed by atoms with van der Waals surface area (Å²) in [5, 5.41) is 10.9. The molecule has 0 aliphatic heterocycles. The molecule has 0 radical (unpaired) electrons. The first kappa shape index (κ1) is 11.7. The average molecular weight is 279 g/mol. The fourth-order valence-electron chi connectivity index (χ4n) is 1.65. The molecule has 8 heteroatoms. The molecule has 1 aromatic carbocycles. The topological polar surface area (TPSA) is 81.1 Å². The van der Waals surface area contributed by atoms with E-state index in [9.17, 15) is 4.39 Å². The number of nitrogens with one attached hydrogen (secondary N) is 1. The van der Waals surface area contributed by atoms with Crippen LogP contribution in [0.2, 0.25) is 5.02 Å². The zero-order valence-corrected chi connectivity index (χ0v) is 10.3. The molecule has 0 spiro atoms. The third kappa shape index (κ3) is 2.04. The summed E-state index contributed by atoms with van der Waals surface area (Å²) < 4.78 is 14.5. The molecule has 0 bridgehead atoms. The molecular formula is C11H8ClFN6. The summed E-state index contributed by atoms with van der Waals surface area (Å²) in [5.74, 6) is 0.277. The summed E-state index contributed by atoms with van der Waals surface area (Å²) in [6, 6.07) is 4.03. The van der Waals surface area contributed by atoms with E-state index in [0.29, 0.717) is 17.2 Å². The number of nitrogens with two attached hydrogens (primary N) is 1. The lowest BCUT2D eigenvalue weighted by Crippen LogP contribution is -2.00. The number of benzene rings is 1. The Bertz CT molecular complexity index is 756. The number of nitrogens with zero attached hydrogens (tertiary/aromatic N) is 4. The second-order valence-electron chi connectivity index (χ2n) is 3.78. The minimum atomic E-state index is -0.409. The number of nitrogen functional groups attached to an aromatic ring is 1. The Morgan fingerprint density at radius 1 is 1.32 bits per heavy atom. The molecule has 3 rings (SSSR count). The van der Waals surface area contributed by atoms with Gasteiger partial charge in [0.1, 0.15) is 5.82 Å². The van der Waals surface area contributed by atoms with Crippen LogP contribution in [0, 0.1) is 5.82 Å². The van der Waals surface area contributed by atoms with E-state index in [1.807, 2.05) is 0 Å². The van der Waals surface area contributed by atoms with Gasteiger partial charge >= 0.3 is 0 Å². The van der Waals surface area contributed by atoms with Gasteiger partial charge in [-0.25, -0.2) is 9.37 Å². The van der Waals surface area contributed by atoms with E-state index in [1.54, 1.807) is 16.8 Å².